The number of likely N-dealkylation sites (tertiary alicyclic amines) is 1. The number of likely N-dealkylation sites (N-methyl/N-ethyl adjacent to an activating group) is 1. The number of hydrogen-bond donors (Lipinski definition) is 1. The number of nitrogens with one attached hydrogen (secondary N) is 1. The molecule has 3 rings (SSSR count). The van der Waals surface area contributed by atoms with E-state index in [1.165, 1.54) is 43.8 Å². The molecule has 1 saturated heterocycles. The first-order chi connectivity index (χ1) is 15.3. The number of carbonyl (C=O) groups is 1. The van der Waals surface area contributed by atoms with Gasteiger partial charge < -0.3 is 15.1 Å². The average molecular weight is 500 g/mol. The first kappa shape index (κ1) is 27.0. The summed E-state index contributed by atoms with van der Waals surface area (Å²) in [6.45, 7) is 3.48. The first-order valence-corrected chi connectivity index (χ1v) is 12.0. The molecule has 1 aliphatic heterocycles. The lowest BCUT2D eigenvalue weighted by Crippen LogP contribution is -2.42. The second-order valence-corrected chi connectivity index (χ2v) is 9.62. The Morgan fingerprint density at radius 3 is 2.44 bits per heavy atom. The fourth-order valence-corrected chi connectivity index (χ4v) is 4.14. The Morgan fingerprint density at radius 2 is 1.88 bits per heavy atom. The van der Waals surface area contributed by atoms with Crippen LogP contribution in [0.5, 0.6) is 0 Å². The van der Waals surface area contributed by atoms with Gasteiger partial charge in [-0.15, -0.1) is 0 Å². The van der Waals surface area contributed by atoms with Gasteiger partial charge >= 0.3 is 0 Å². The fourth-order valence-electron chi connectivity index (χ4n) is 3.64. The largest absolute Gasteiger partial charge is 0.314 e. The molecule has 1 aliphatic rings. The lowest BCUT2D eigenvalue weighted by atomic mass is 10.0. The molecular formula is C24H33Cl3N4O. The lowest BCUT2D eigenvalue weighted by Gasteiger charge is -2.31. The van der Waals surface area contributed by atoms with E-state index in [1.807, 2.05) is 12.1 Å². The van der Waals surface area contributed by atoms with Gasteiger partial charge in [0.15, 0.2) is 0 Å². The van der Waals surface area contributed by atoms with Crippen molar-refractivity contribution in [3.8, 4) is 0 Å². The SMILES string of the molecule is CN1CCC(NCCC(Cc2ccc(Cl)c(Cl)c2)N(C)C)CC1.O=Cc1ccnc(Cl)c1. The maximum absolute atomic E-state index is 10.1. The molecule has 5 nitrogen and oxygen atoms in total. The molecule has 2 heterocycles. The summed E-state index contributed by atoms with van der Waals surface area (Å²) in [4.78, 5) is 18.5. The van der Waals surface area contributed by atoms with E-state index in [2.05, 4.69) is 47.3 Å². The molecule has 1 atom stereocenters. The third-order valence-corrected chi connectivity index (χ3v) is 6.65. The van der Waals surface area contributed by atoms with Crippen molar-refractivity contribution in [1.29, 1.82) is 0 Å². The van der Waals surface area contributed by atoms with Gasteiger partial charge in [-0.1, -0.05) is 40.9 Å². The molecule has 8 heteroatoms. The zero-order valence-electron chi connectivity index (χ0n) is 19.0. The first-order valence-electron chi connectivity index (χ1n) is 10.9. The highest BCUT2D eigenvalue weighted by molar-refractivity contribution is 6.42. The van der Waals surface area contributed by atoms with Crippen molar-refractivity contribution >= 4 is 41.1 Å². The van der Waals surface area contributed by atoms with E-state index in [9.17, 15) is 4.79 Å². The van der Waals surface area contributed by atoms with Gasteiger partial charge in [-0.05, 0) is 96.3 Å². The zero-order chi connectivity index (χ0) is 23.5. The van der Waals surface area contributed by atoms with Gasteiger partial charge in [-0.3, -0.25) is 4.79 Å². The Kier molecular flexibility index (Phi) is 11.9. The highest BCUT2D eigenvalue weighted by Crippen LogP contribution is 2.24. The van der Waals surface area contributed by atoms with E-state index < -0.39 is 0 Å². The van der Waals surface area contributed by atoms with E-state index in [-0.39, 0.29) is 0 Å². The maximum atomic E-state index is 10.1. The van der Waals surface area contributed by atoms with Gasteiger partial charge in [0.25, 0.3) is 0 Å². The van der Waals surface area contributed by atoms with Crippen molar-refractivity contribution in [2.24, 2.45) is 0 Å². The van der Waals surface area contributed by atoms with Crippen LogP contribution in [0.25, 0.3) is 0 Å². The summed E-state index contributed by atoms with van der Waals surface area (Å²) in [7, 11) is 6.51. The topological polar surface area (TPSA) is 48.5 Å². The van der Waals surface area contributed by atoms with Crippen LogP contribution in [0, 0.1) is 0 Å². The van der Waals surface area contributed by atoms with Crippen LogP contribution in [0.1, 0.15) is 35.2 Å². The Labute approximate surface area is 207 Å². The molecule has 0 saturated carbocycles. The van der Waals surface area contributed by atoms with Crippen molar-refractivity contribution in [2.75, 3.05) is 40.8 Å². The van der Waals surface area contributed by atoms with E-state index in [0.717, 1.165) is 25.7 Å². The fraction of sp³-hybridized carbons (Fsp3) is 0.500. The highest BCUT2D eigenvalue weighted by atomic mass is 35.5. The summed E-state index contributed by atoms with van der Waals surface area (Å²) >= 11 is 17.6. The third kappa shape index (κ3) is 9.74. The minimum atomic E-state index is 0.347. The van der Waals surface area contributed by atoms with Crippen LogP contribution in [0.3, 0.4) is 0 Å². The van der Waals surface area contributed by atoms with Crippen molar-refractivity contribution in [2.45, 2.75) is 37.8 Å². The molecule has 0 spiro atoms. The second-order valence-electron chi connectivity index (χ2n) is 8.42. The number of pyridine rings is 1. The lowest BCUT2D eigenvalue weighted by molar-refractivity contribution is 0.112. The summed E-state index contributed by atoms with van der Waals surface area (Å²) in [5.74, 6) is 0. The quantitative estimate of drug-likeness (QED) is 0.405. The predicted octanol–water partition coefficient (Wildman–Crippen LogP) is 5.09. The molecule has 0 radical (unpaired) electrons. The molecular weight excluding hydrogens is 467 g/mol. The Bertz CT molecular complexity index is 842. The summed E-state index contributed by atoms with van der Waals surface area (Å²) in [5, 5.41) is 5.35. The summed E-state index contributed by atoms with van der Waals surface area (Å²) in [5.41, 5.74) is 1.80. The summed E-state index contributed by atoms with van der Waals surface area (Å²) in [6, 6.07) is 10.3. The smallest absolute Gasteiger partial charge is 0.150 e. The number of halogens is 3. The number of piperidine rings is 1. The molecule has 1 aromatic carbocycles. The number of carbonyl (C=O) groups excluding carboxylic acids is 1. The van der Waals surface area contributed by atoms with E-state index in [4.69, 9.17) is 34.8 Å². The van der Waals surface area contributed by atoms with Crippen molar-refractivity contribution < 1.29 is 4.79 Å². The van der Waals surface area contributed by atoms with Crippen molar-refractivity contribution in [3.05, 3.63) is 62.9 Å². The van der Waals surface area contributed by atoms with E-state index >= 15 is 0 Å². The number of hydrogen-bond acceptors (Lipinski definition) is 5. The van der Waals surface area contributed by atoms with Crippen LogP contribution < -0.4 is 5.32 Å². The number of nitrogens with zero attached hydrogens (tertiary/aromatic N) is 3. The average Bonchev–Trinajstić information content (AvgIpc) is 2.77. The van der Waals surface area contributed by atoms with Crippen LogP contribution in [0.15, 0.2) is 36.5 Å². The molecule has 1 unspecified atom stereocenters. The highest BCUT2D eigenvalue weighted by Gasteiger charge is 2.17. The minimum absolute atomic E-state index is 0.347. The predicted molar refractivity (Wildman–Crippen MR) is 135 cm³/mol. The number of benzene rings is 1. The molecule has 1 fully saturated rings. The van der Waals surface area contributed by atoms with Crippen molar-refractivity contribution in [3.63, 3.8) is 0 Å². The maximum Gasteiger partial charge on any atom is 0.150 e. The molecule has 176 valence electrons. The Balaban J connectivity index is 0.000000336. The molecule has 1 aromatic heterocycles. The van der Waals surface area contributed by atoms with Gasteiger partial charge in [-0.2, -0.15) is 0 Å². The minimum Gasteiger partial charge on any atom is -0.314 e. The Morgan fingerprint density at radius 1 is 1.16 bits per heavy atom. The van der Waals surface area contributed by atoms with Gasteiger partial charge in [0.1, 0.15) is 11.4 Å². The van der Waals surface area contributed by atoms with E-state index in [0.29, 0.717) is 32.8 Å². The number of rotatable bonds is 8. The van der Waals surface area contributed by atoms with Crippen LogP contribution >= 0.6 is 34.8 Å². The second kappa shape index (κ2) is 14.1. The van der Waals surface area contributed by atoms with Gasteiger partial charge in [0.2, 0.25) is 0 Å². The Hall–Kier alpha value is -1.21. The molecule has 0 bridgehead atoms. The summed E-state index contributed by atoms with van der Waals surface area (Å²) < 4.78 is 0. The monoisotopic (exact) mass is 498 g/mol. The van der Waals surface area contributed by atoms with Crippen molar-refractivity contribution in [1.82, 2.24) is 20.1 Å². The number of aldehydes is 1. The molecule has 32 heavy (non-hydrogen) atoms. The van der Waals surface area contributed by atoms with Crippen LogP contribution in [-0.4, -0.2) is 73.9 Å². The molecule has 1 N–H and O–H groups in total. The van der Waals surface area contributed by atoms with Gasteiger partial charge in [0.05, 0.1) is 10.0 Å². The van der Waals surface area contributed by atoms with E-state index in [1.54, 1.807) is 6.07 Å². The van der Waals surface area contributed by atoms with Gasteiger partial charge in [0, 0.05) is 23.8 Å². The molecule has 2 aromatic rings. The molecule has 0 aliphatic carbocycles. The zero-order valence-corrected chi connectivity index (χ0v) is 21.3. The van der Waals surface area contributed by atoms with Crippen LogP contribution in [0.2, 0.25) is 15.2 Å². The van der Waals surface area contributed by atoms with Crippen LogP contribution in [0.4, 0.5) is 0 Å². The standard InChI is InChI=1S/C18H29Cl2N3.C6H4ClNO/c1-22(2)16(12-14-4-5-17(19)18(20)13-14)6-9-21-15-7-10-23(3)11-8-15;7-6-3-5(4-9)1-2-8-6/h4-5,13,15-16,21H,6-12H2,1-3H3;1-4H. The summed E-state index contributed by atoms with van der Waals surface area (Å²) in [6.07, 6.45) is 6.88. The number of aromatic nitrogens is 1. The van der Waals surface area contributed by atoms with Crippen LogP contribution in [-0.2, 0) is 6.42 Å². The normalized spacial score (nSPS) is 15.8. The van der Waals surface area contributed by atoms with Gasteiger partial charge in [-0.25, -0.2) is 4.98 Å². The third-order valence-electron chi connectivity index (χ3n) is 5.70. The molecule has 0 amide bonds.